The van der Waals surface area contributed by atoms with E-state index in [-0.39, 0.29) is 5.91 Å². The highest BCUT2D eigenvalue weighted by molar-refractivity contribution is 7.08. The van der Waals surface area contributed by atoms with Gasteiger partial charge in [-0.1, -0.05) is 0 Å². The van der Waals surface area contributed by atoms with Crippen molar-refractivity contribution >= 4 is 23.7 Å². The largest absolute Gasteiger partial charge is 0.342 e. The molecule has 15 heavy (non-hydrogen) atoms. The van der Waals surface area contributed by atoms with Gasteiger partial charge >= 0.3 is 0 Å². The molecule has 1 fully saturated rings. The lowest BCUT2D eigenvalue weighted by atomic mass is 10.2. The van der Waals surface area contributed by atoms with E-state index in [1.807, 2.05) is 16.8 Å². The first-order chi connectivity index (χ1) is 7.31. The number of nitrogens with zero attached hydrogens (tertiary/aromatic N) is 2. The zero-order valence-corrected chi connectivity index (χ0v) is 9.07. The summed E-state index contributed by atoms with van der Waals surface area (Å²) in [7, 11) is 0. The third-order valence-electron chi connectivity index (χ3n) is 2.52. The van der Waals surface area contributed by atoms with E-state index in [1.54, 1.807) is 9.80 Å². The fraction of sp³-hybridized carbons (Fsp3) is 0.400. The van der Waals surface area contributed by atoms with Gasteiger partial charge in [-0.05, 0) is 11.4 Å². The number of hydrogen-bond donors (Lipinski definition) is 0. The highest BCUT2D eigenvalue weighted by Gasteiger charge is 2.21. The predicted octanol–water partition coefficient (Wildman–Crippen LogP) is 0.662. The Bertz CT molecular complexity index is 342. The number of hydrogen-bond acceptors (Lipinski definition) is 3. The third kappa shape index (κ3) is 2.18. The zero-order valence-electron chi connectivity index (χ0n) is 8.26. The van der Waals surface area contributed by atoms with Crippen LogP contribution in [0, 0.1) is 0 Å². The van der Waals surface area contributed by atoms with Gasteiger partial charge in [-0.2, -0.15) is 11.3 Å². The minimum absolute atomic E-state index is 0.0711. The molecule has 0 aromatic carbocycles. The van der Waals surface area contributed by atoms with E-state index < -0.39 is 0 Å². The molecule has 0 radical (unpaired) electrons. The van der Waals surface area contributed by atoms with Gasteiger partial charge < -0.3 is 9.80 Å². The quantitative estimate of drug-likeness (QED) is 0.692. The summed E-state index contributed by atoms with van der Waals surface area (Å²) in [4.78, 5) is 25.9. The topological polar surface area (TPSA) is 40.6 Å². The Morgan fingerprint density at radius 3 is 2.60 bits per heavy atom. The molecule has 0 unspecified atom stereocenters. The van der Waals surface area contributed by atoms with Crippen molar-refractivity contribution in [3.63, 3.8) is 0 Å². The number of carbonyl (C=O) groups is 2. The molecule has 2 heterocycles. The van der Waals surface area contributed by atoms with Crippen LogP contribution < -0.4 is 0 Å². The van der Waals surface area contributed by atoms with Gasteiger partial charge in [0.05, 0.1) is 5.56 Å². The Morgan fingerprint density at radius 2 is 2.07 bits per heavy atom. The molecule has 1 aliphatic rings. The van der Waals surface area contributed by atoms with Crippen LogP contribution in [0.5, 0.6) is 0 Å². The van der Waals surface area contributed by atoms with Gasteiger partial charge in [0.15, 0.2) is 0 Å². The summed E-state index contributed by atoms with van der Waals surface area (Å²) in [6, 6.07) is 1.83. The lowest BCUT2D eigenvalue weighted by Gasteiger charge is -2.32. The zero-order chi connectivity index (χ0) is 10.7. The van der Waals surface area contributed by atoms with E-state index in [9.17, 15) is 9.59 Å². The second-order valence-electron chi connectivity index (χ2n) is 3.45. The normalized spacial score (nSPS) is 16.5. The van der Waals surface area contributed by atoms with E-state index in [0.29, 0.717) is 26.2 Å². The van der Waals surface area contributed by atoms with Gasteiger partial charge in [-0.15, -0.1) is 0 Å². The monoisotopic (exact) mass is 224 g/mol. The summed E-state index contributed by atoms with van der Waals surface area (Å²) in [6.07, 6.45) is 0.840. The molecular weight excluding hydrogens is 212 g/mol. The van der Waals surface area contributed by atoms with Crippen LogP contribution in [0.4, 0.5) is 0 Å². The summed E-state index contributed by atoms with van der Waals surface area (Å²) in [5, 5.41) is 3.75. The van der Waals surface area contributed by atoms with Crippen molar-refractivity contribution in [1.82, 2.24) is 9.80 Å². The molecule has 4 nitrogen and oxygen atoms in total. The summed E-state index contributed by atoms with van der Waals surface area (Å²) in [5.74, 6) is 0.0711. The van der Waals surface area contributed by atoms with E-state index in [2.05, 4.69) is 0 Å². The van der Waals surface area contributed by atoms with E-state index >= 15 is 0 Å². The first-order valence-electron chi connectivity index (χ1n) is 4.82. The van der Waals surface area contributed by atoms with Crippen LogP contribution in [0.2, 0.25) is 0 Å². The number of amides is 2. The standard InChI is InChI=1S/C10H12N2O2S/c13-8-11-2-4-12(5-3-11)10(14)9-1-6-15-7-9/h1,6-8H,2-5H2. The van der Waals surface area contributed by atoms with E-state index in [1.165, 1.54) is 11.3 Å². The predicted molar refractivity (Wildman–Crippen MR) is 57.9 cm³/mol. The van der Waals surface area contributed by atoms with Crippen LogP contribution in [0.1, 0.15) is 10.4 Å². The van der Waals surface area contributed by atoms with Crippen molar-refractivity contribution in [3.8, 4) is 0 Å². The van der Waals surface area contributed by atoms with Crippen LogP contribution in [0.3, 0.4) is 0 Å². The Hall–Kier alpha value is -1.36. The lowest BCUT2D eigenvalue weighted by molar-refractivity contribution is -0.119. The number of thiophene rings is 1. The Kier molecular flexibility index (Phi) is 3.01. The highest BCUT2D eigenvalue weighted by atomic mass is 32.1. The molecular formula is C10H12N2O2S. The Labute approximate surface area is 92.1 Å². The van der Waals surface area contributed by atoms with Crippen molar-refractivity contribution in [2.24, 2.45) is 0 Å². The fourth-order valence-corrected chi connectivity index (χ4v) is 2.23. The number of piperazine rings is 1. The van der Waals surface area contributed by atoms with Gasteiger partial charge in [-0.25, -0.2) is 0 Å². The minimum atomic E-state index is 0.0711. The second kappa shape index (κ2) is 4.44. The molecule has 0 bridgehead atoms. The maximum atomic E-state index is 11.9. The molecule has 1 aromatic rings. The molecule has 1 aliphatic heterocycles. The molecule has 1 aromatic heterocycles. The van der Waals surface area contributed by atoms with Crippen molar-refractivity contribution in [1.29, 1.82) is 0 Å². The average Bonchev–Trinajstić information content (AvgIpc) is 2.82. The van der Waals surface area contributed by atoms with Crippen LogP contribution >= 0.6 is 11.3 Å². The van der Waals surface area contributed by atoms with Crippen molar-refractivity contribution in [3.05, 3.63) is 22.4 Å². The second-order valence-corrected chi connectivity index (χ2v) is 4.23. The van der Waals surface area contributed by atoms with Crippen molar-refractivity contribution in [2.75, 3.05) is 26.2 Å². The van der Waals surface area contributed by atoms with Gasteiger partial charge in [0, 0.05) is 31.6 Å². The number of carbonyl (C=O) groups excluding carboxylic acids is 2. The molecule has 0 atom stereocenters. The molecule has 0 N–H and O–H groups in total. The summed E-state index contributed by atoms with van der Waals surface area (Å²) in [5.41, 5.74) is 0.750. The smallest absolute Gasteiger partial charge is 0.254 e. The molecule has 80 valence electrons. The Balaban J connectivity index is 1.96. The molecule has 0 aliphatic carbocycles. The molecule has 1 saturated heterocycles. The van der Waals surface area contributed by atoms with Gasteiger partial charge in [0.25, 0.3) is 5.91 Å². The SMILES string of the molecule is O=CN1CCN(C(=O)c2ccsc2)CC1. The van der Waals surface area contributed by atoms with Gasteiger partial charge in [0.1, 0.15) is 0 Å². The van der Waals surface area contributed by atoms with Crippen LogP contribution in [-0.4, -0.2) is 48.3 Å². The van der Waals surface area contributed by atoms with Crippen LogP contribution in [0.15, 0.2) is 16.8 Å². The van der Waals surface area contributed by atoms with Crippen LogP contribution in [-0.2, 0) is 4.79 Å². The summed E-state index contributed by atoms with van der Waals surface area (Å²) >= 11 is 1.52. The molecule has 0 saturated carbocycles. The van der Waals surface area contributed by atoms with Crippen molar-refractivity contribution in [2.45, 2.75) is 0 Å². The molecule has 5 heteroatoms. The molecule has 2 amide bonds. The lowest BCUT2D eigenvalue weighted by Crippen LogP contribution is -2.48. The fourth-order valence-electron chi connectivity index (χ4n) is 1.60. The first kappa shape index (κ1) is 10.2. The minimum Gasteiger partial charge on any atom is -0.342 e. The van der Waals surface area contributed by atoms with Gasteiger partial charge in [0.2, 0.25) is 6.41 Å². The third-order valence-corrected chi connectivity index (χ3v) is 3.20. The molecule has 2 rings (SSSR count). The van der Waals surface area contributed by atoms with E-state index in [4.69, 9.17) is 0 Å². The maximum Gasteiger partial charge on any atom is 0.254 e. The van der Waals surface area contributed by atoms with Crippen molar-refractivity contribution < 1.29 is 9.59 Å². The van der Waals surface area contributed by atoms with Gasteiger partial charge in [-0.3, -0.25) is 9.59 Å². The Morgan fingerprint density at radius 1 is 1.33 bits per heavy atom. The number of rotatable bonds is 2. The first-order valence-corrected chi connectivity index (χ1v) is 5.76. The summed E-state index contributed by atoms with van der Waals surface area (Å²) in [6.45, 7) is 2.54. The highest BCUT2D eigenvalue weighted by Crippen LogP contribution is 2.11. The van der Waals surface area contributed by atoms with Crippen LogP contribution in [0.25, 0.3) is 0 Å². The summed E-state index contributed by atoms with van der Waals surface area (Å²) < 4.78 is 0. The average molecular weight is 224 g/mol. The maximum absolute atomic E-state index is 11.9. The molecule has 0 spiro atoms. The van der Waals surface area contributed by atoms with E-state index in [0.717, 1.165) is 12.0 Å².